The van der Waals surface area contributed by atoms with Crippen LogP contribution >= 0.6 is 34.3 Å². The van der Waals surface area contributed by atoms with Crippen LogP contribution in [0.1, 0.15) is 20.4 Å². The molecule has 3 nitrogen and oxygen atoms in total. The monoisotopic (exact) mass is 286 g/mol. The van der Waals surface area contributed by atoms with Crippen molar-refractivity contribution >= 4 is 40.1 Å². The highest BCUT2D eigenvalue weighted by atomic mass is 35.5. The summed E-state index contributed by atoms with van der Waals surface area (Å²) in [6.07, 6.45) is 1.09. The number of carbonyl (C=O) groups excluding carboxylic acids is 1. The van der Waals surface area contributed by atoms with E-state index in [4.69, 9.17) is 17.3 Å². The van der Waals surface area contributed by atoms with Crippen molar-refractivity contribution in [3.63, 3.8) is 0 Å². The third-order valence-electron chi connectivity index (χ3n) is 2.16. The topological polar surface area (TPSA) is 56.0 Å². The molecular weight excluding hydrogens is 276 g/mol. The molecule has 6 heteroatoms. The second-order valence-corrected chi connectivity index (χ2v) is 6.21. The normalized spacial score (nSPS) is 10.7. The van der Waals surface area contributed by atoms with Gasteiger partial charge in [0.15, 0.2) is 5.78 Å². The van der Waals surface area contributed by atoms with Gasteiger partial charge < -0.3 is 5.73 Å². The Kier molecular flexibility index (Phi) is 4.28. The second-order valence-electron chi connectivity index (χ2n) is 3.47. The molecule has 0 fully saturated rings. The summed E-state index contributed by atoms with van der Waals surface area (Å²) >= 11 is 8.73. The van der Waals surface area contributed by atoms with E-state index in [1.807, 2.05) is 6.07 Å². The number of halogens is 1. The molecule has 0 radical (unpaired) electrons. The Morgan fingerprint density at radius 1 is 1.47 bits per heavy atom. The first-order chi connectivity index (χ1) is 8.19. The molecule has 0 aliphatic carbocycles. The summed E-state index contributed by atoms with van der Waals surface area (Å²) < 4.78 is 0.704. The molecule has 2 aromatic rings. The van der Waals surface area contributed by atoms with Crippen molar-refractivity contribution in [1.29, 1.82) is 0 Å². The molecule has 0 aliphatic rings. The van der Waals surface area contributed by atoms with E-state index in [0.29, 0.717) is 23.0 Å². The zero-order valence-electron chi connectivity index (χ0n) is 8.98. The van der Waals surface area contributed by atoms with Crippen LogP contribution in [-0.2, 0) is 12.8 Å². The lowest BCUT2D eigenvalue weighted by Gasteiger charge is -1.94. The van der Waals surface area contributed by atoms with Crippen LogP contribution in [-0.4, -0.2) is 17.3 Å². The molecule has 0 atom stereocenters. The van der Waals surface area contributed by atoms with Crippen molar-refractivity contribution in [2.24, 2.45) is 5.73 Å². The van der Waals surface area contributed by atoms with Gasteiger partial charge in [0, 0.05) is 23.1 Å². The van der Waals surface area contributed by atoms with Crippen LogP contribution in [0.5, 0.6) is 0 Å². The van der Waals surface area contributed by atoms with Crippen LogP contribution in [0.15, 0.2) is 17.5 Å². The number of Topliss-reactive ketones (excluding diaryl/α,β-unsaturated/α-hetero) is 1. The first kappa shape index (κ1) is 12.7. The zero-order chi connectivity index (χ0) is 12.3. The van der Waals surface area contributed by atoms with Crippen LogP contribution in [0.25, 0.3) is 0 Å². The molecule has 0 amide bonds. The molecular formula is C11H11ClN2OS2. The first-order valence-corrected chi connectivity index (χ1v) is 7.18. The number of thiophene rings is 1. The summed E-state index contributed by atoms with van der Waals surface area (Å²) in [5.41, 5.74) is 5.97. The molecule has 0 unspecified atom stereocenters. The first-order valence-electron chi connectivity index (χ1n) is 5.11. The van der Waals surface area contributed by atoms with E-state index in [1.54, 1.807) is 11.4 Å². The van der Waals surface area contributed by atoms with Gasteiger partial charge in [0.2, 0.25) is 0 Å². The molecule has 2 N–H and O–H groups in total. The summed E-state index contributed by atoms with van der Waals surface area (Å²) in [4.78, 5) is 17.1. The van der Waals surface area contributed by atoms with Gasteiger partial charge in [-0.2, -0.15) is 0 Å². The van der Waals surface area contributed by atoms with E-state index in [2.05, 4.69) is 4.98 Å². The molecule has 2 aromatic heterocycles. The Bertz CT molecular complexity index is 521. The van der Waals surface area contributed by atoms with Crippen molar-refractivity contribution in [3.05, 3.63) is 37.4 Å². The largest absolute Gasteiger partial charge is 0.330 e. The van der Waals surface area contributed by atoms with Crippen molar-refractivity contribution < 1.29 is 4.79 Å². The molecule has 90 valence electrons. The molecule has 0 aliphatic heterocycles. The third-order valence-corrected chi connectivity index (χ3v) is 4.30. The fourth-order valence-electron chi connectivity index (χ4n) is 1.37. The summed E-state index contributed by atoms with van der Waals surface area (Å²) in [6.45, 7) is 0.557. The predicted octanol–water partition coefficient (Wildman–Crippen LogP) is 2.78. The minimum atomic E-state index is 0.0306. The maximum Gasteiger partial charge on any atom is 0.187 e. The highest BCUT2D eigenvalue weighted by Crippen LogP contribution is 2.23. The number of aromatic nitrogens is 1. The summed E-state index contributed by atoms with van der Waals surface area (Å²) in [7, 11) is 0. The van der Waals surface area contributed by atoms with Gasteiger partial charge in [0.05, 0.1) is 9.34 Å². The maximum atomic E-state index is 11.9. The van der Waals surface area contributed by atoms with Gasteiger partial charge in [-0.15, -0.1) is 22.7 Å². The van der Waals surface area contributed by atoms with Crippen molar-refractivity contribution in [1.82, 2.24) is 4.98 Å². The van der Waals surface area contributed by atoms with Crippen molar-refractivity contribution in [3.8, 4) is 0 Å². The average molecular weight is 287 g/mol. The number of nitrogens with two attached hydrogens (primary N) is 1. The summed E-state index contributed by atoms with van der Waals surface area (Å²) in [5, 5.41) is 2.71. The number of ketones is 1. The number of carbonyl (C=O) groups is 1. The molecule has 17 heavy (non-hydrogen) atoms. The van der Waals surface area contributed by atoms with E-state index in [1.165, 1.54) is 22.7 Å². The average Bonchev–Trinajstić information content (AvgIpc) is 2.88. The van der Waals surface area contributed by atoms with Crippen LogP contribution in [0.3, 0.4) is 0 Å². The number of thiazole rings is 1. The summed E-state index contributed by atoms with van der Waals surface area (Å²) in [6, 6.07) is 3.67. The molecule has 2 heterocycles. The number of rotatable bonds is 5. The van der Waals surface area contributed by atoms with Gasteiger partial charge in [-0.05, 0) is 18.7 Å². The van der Waals surface area contributed by atoms with Crippen LogP contribution in [0, 0.1) is 0 Å². The van der Waals surface area contributed by atoms with Crippen molar-refractivity contribution in [2.45, 2.75) is 12.8 Å². The lowest BCUT2D eigenvalue weighted by atomic mass is 10.2. The van der Waals surface area contributed by atoms with Crippen LogP contribution in [0.4, 0.5) is 0 Å². The van der Waals surface area contributed by atoms with E-state index >= 15 is 0 Å². The Morgan fingerprint density at radius 3 is 2.94 bits per heavy atom. The Hall–Kier alpha value is -0.750. The Balaban J connectivity index is 2.03. The van der Waals surface area contributed by atoms with Crippen LogP contribution in [0.2, 0.25) is 4.34 Å². The molecule has 0 bridgehead atoms. The standard InChI is InChI=1S/C11H11ClN2OS2/c12-10-2-1-7(17-10)5-9(15)8-6-16-11(14-8)3-4-13/h1-2,6H,3-5,13H2. The minimum Gasteiger partial charge on any atom is -0.330 e. The van der Waals surface area contributed by atoms with Gasteiger partial charge in [0.1, 0.15) is 5.69 Å². The van der Waals surface area contributed by atoms with Gasteiger partial charge in [0.25, 0.3) is 0 Å². The van der Waals surface area contributed by atoms with Gasteiger partial charge in [-0.3, -0.25) is 4.79 Å². The number of hydrogen-bond acceptors (Lipinski definition) is 5. The number of hydrogen-bond donors (Lipinski definition) is 1. The highest BCUT2D eigenvalue weighted by Gasteiger charge is 2.12. The molecule has 0 saturated heterocycles. The molecule has 0 aromatic carbocycles. The third kappa shape index (κ3) is 3.35. The summed E-state index contributed by atoms with van der Waals surface area (Å²) in [5.74, 6) is 0.0306. The van der Waals surface area contributed by atoms with E-state index in [0.717, 1.165) is 16.3 Å². The second kappa shape index (κ2) is 5.73. The van der Waals surface area contributed by atoms with E-state index in [-0.39, 0.29) is 5.78 Å². The predicted molar refractivity (Wildman–Crippen MR) is 72.2 cm³/mol. The molecule has 0 saturated carbocycles. The smallest absolute Gasteiger partial charge is 0.187 e. The SMILES string of the molecule is NCCc1nc(C(=O)Cc2ccc(Cl)s2)cs1. The molecule has 0 spiro atoms. The minimum absolute atomic E-state index is 0.0306. The number of nitrogens with zero attached hydrogens (tertiary/aromatic N) is 1. The highest BCUT2D eigenvalue weighted by molar-refractivity contribution is 7.16. The van der Waals surface area contributed by atoms with E-state index in [9.17, 15) is 4.79 Å². The fraction of sp³-hybridized carbons (Fsp3) is 0.273. The molecule has 2 rings (SSSR count). The fourth-order valence-corrected chi connectivity index (χ4v) is 3.28. The quantitative estimate of drug-likeness (QED) is 0.860. The van der Waals surface area contributed by atoms with Gasteiger partial charge >= 0.3 is 0 Å². The van der Waals surface area contributed by atoms with Crippen molar-refractivity contribution in [2.75, 3.05) is 6.54 Å². The zero-order valence-corrected chi connectivity index (χ0v) is 11.4. The van der Waals surface area contributed by atoms with Crippen LogP contribution < -0.4 is 5.73 Å². The lowest BCUT2D eigenvalue weighted by molar-refractivity contribution is 0.0989. The Labute approximate surface area is 112 Å². The van der Waals surface area contributed by atoms with E-state index < -0.39 is 0 Å². The maximum absolute atomic E-state index is 11.9. The Morgan fingerprint density at radius 2 is 2.29 bits per heavy atom. The van der Waals surface area contributed by atoms with Gasteiger partial charge in [-0.1, -0.05) is 11.6 Å². The lowest BCUT2D eigenvalue weighted by Crippen LogP contribution is -2.05. The van der Waals surface area contributed by atoms with Gasteiger partial charge in [-0.25, -0.2) is 4.98 Å².